The Hall–Kier alpha value is -5.98. The Kier molecular flexibility index (Phi) is 10.7. The number of amides is 3. The van der Waals surface area contributed by atoms with Crippen LogP contribution in [-0.2, 0) is 19.1 Å². The lowest BCUT2D eigenvalue weighted by molar-refractivity contribution is -0.135. The summed E-state index contributed by atoms with van der Waals surface area (Å²) in [6.07, 6.45) is 9.55. The van der Waals surface area contributed by atoms with E-state index in [2.05, 4.69) is 81.3 Å². The van der Waals surface area contributed by atoms with Crippen LogP contribution in [0.3, 0.4) is 0 Å². The summed E-state index contributed by atoms with van der Waals surface area (Å²) in [6, 6.07) is 19.9. The molecule has 3 aliphatic carbocycles. The van der Waals surface area contributed by atoms with Crippen molar-refractivity contribution in [3.63, 3.8) is 0 Å². The highest BCUT2D eigenvalue weighted by molar-refractivity contribution is 5.92. The molecule has 4 N–H and O–H groups in total. The molecule has 2 aromatic heterocycles. The third kappa shape index (κ3) is 7.97. The third-order valence-electron chi connectivity index (χ3n) is 14.2. The van der Waals surface area contributed by atoms with E-state index < -0.39 is 24.3 Å². The molecule has 0 radical (unpaired) electrons. The predicted molar refractivity (Wildman–Crippen MR) is 236 cm³/mol. The summed E-state index contributed by atoms with van der Waals surface area (Å²) in [7, 11) is 2.63. The number of ketones is 1. The van der Waals surface area contributed by atoms with Gasteiger partial charge in [-0.2, -0.15) is 0 Å². The molecule has 0 bridgehead atoms. The van der Waals surface area contributed by atoms with E-state index in [1.54, 1.807) is 0 Å². The zero-order valence-corrected chi connectivity index (χ0v) is 36.4. The maximum atomic E-state index is 14.0. The highest BCUT2D eigenvalue weighted by Crippen LogP contribution is 2.64. The van der Waals surface area contributed by atoms with Crippen molar-refractivity contribution in [2.45, 2.75) is 96.7 Å². The summed E-state index contributed by atoms with van der Waals surface area (Å²) in [5, 5.41) is 7.77. The first-order valence-electron chi connectivity index (χ1n) is 22.1. The molecule has 62 heavy (non-hydrogen) atoms. The topological polar surface area (TPSA) is 171 Å². The number of ether oxygens (including phenoxy) is 2. The Balaban J connectivity index is 0.890. The van der Waals surface area contributed by atoms with Crippen LogP contribution in [-0.4, -0.2) is 81.6 Å². The van der Waals surface area contributed by atoms with Crippen LogP contribution < -0.4 is 10.6 Å². The van der Waals surface area contributed by atoms with E-state index in [0.717, 1.165) is 101 Å². The molecule has 3 heterocycles. The Labute approximate surface area is 362 Å². The van der Waals surface area contributed by atoms with Crippen LogP contribution in [0.4, 0.5) is 9.59 Å². The van der Waals surface area contributed by atoms with E-state index >= 15 is 0 Å². The number of rotatable bonds is 12. The highest BCUT2D eigenvalue weighted by atomic mass is 16.5. The molecule has 324 valence electrons. The number of benzene rings is 3. The number of nitrogens with one attached hydrogen (secondary N) is 4. The first kappa shape index (κ1) is 41.4. The first-order valence-corrected chi connectivity index (χ1v) is 22.1. The number of alkyl carbamates (subject to hydrolysis) is 2. The van der Waals surface area contributed by atoms with Crippen molar-refractivity contribution >= 4 is 34.6 Å². The summed E-state index contributed by atoms with van der Waals surface area (Å²) in [6.45, 7) is 8.42. The van der Waals surface area contributed by atoms with Crippen LogP contribution in [0.2, 0.25) is 0 Å². The molecular formula is C49H57N7O6. The van der Waals surface area contributed by atoms with E-state index in [-0.39, 0.29) is 52.2 Å². The molecule has 13 heteroatoms. The second-order valence-corrected chi connectivity index (χ2v) is 19.1. The Morgan fingerprint density at radius 3 is 1.81 bits per heavy atom. The number of likely N-dealkylation sites (tertiary alicyclic amines) is 1. The van der Waals surface area contributed by atoms with Crippen molar-refractivity contribution < 1.29 is 28.7 Å². The molecule has 3 aromatic carbocycles. The molecule has 9 rings (SSSR count). The minimum atomic E-state index is -0.685. The fraction of sp³-hybridized carbons (Fsp3) is 0.469. The minimum absolute atomic E-state index is 0.0341. The highest BCUT2D eigenvalue weighted by Gasteiger charge is 2.57. The SMILES string of the molecule is COC(=O)N[C@H](C(=O)C1CC2(CC2)C[C@H]1c1ncc(-c2ccc3cc(-c4ccc(-c5cnc([C@@H]6CC7(CC7)CN6C(=O)[C@@H](NC(=O)OC)C(C)C)[nH]5)cc4)ccc3c2)[nH]1)C(C)C. The van der Waals surface area contributed by atoms with Crippen molar-refractivity contribution in [3.8, 4) is 33.6 Å². The van der Waals surface area contributed by atoms with Crippen LogP contribution in [0, 0.1) is 28.6 Å². The lowest BCUT2D eigenvalue weighted by Gasteiger charge is -2.30. The maximum absolute atomic E-state index is 14.0. The van der Waals surface area contributed by atoms with Gasteiger partial charge in [0.2, 0.25) is 5.91 Å². The number of carbonyl (C=O) groups excluding carboxylic acids is 4. The number of methoxy groups -OCH3 is 2. The van der Waals surface area contributed by atoms with Crippen molar-refractivity contribution in [1.29, 1.82) is 0 Å². The number of aromatic amines is 2. The second-order valence-electron chi connectivity index (χ2n) is 19.1. The summed E-state index contributed by atoms with van der Waals surface area (Å²) in [5.74, 6) is 1.12. The number of fused-ring (bicyclic) bond motifs is 1. The molecule has 5 atom stereocenters. The molecule has 2 spiro atoms. The average Bonchev–Trinajstić information content (AvgIpc) is 3.85. The zero-order valence-electron chi connectivity index (χ0n) is 36.4. The number of Topliss-reactive ketones (excluding diaryl/α,β-unsaturated/α-hetero) is 1. The van der Waals surface area contributed by atoms with Gasteiger partial charge in [0, 0.05) is 23.9 Å². The molecule has 1 saturated heterocycles. The van der Waals surface area contributed by atoms with Gasteiger partial charge in [-0.25, -0.2) is 19.6 Å². The van der Waals surface area contributed by atoms with E-state index in [4.69, 9.17) is 19.4 Å². The fourth-order valence-electron chi connectivity index (χ4n) is 10.2. The summed E-state index contributed by atoms with van der Waals surface area (Å²) in [5.41, 5.74) is 6.33. The van der Waals surface area contributed by atoms with Gasteiger partial charge in [0.15, 0.2) is 5.78 Å². The van der Waals surface area contributed by atoms with Crippen molar-refractivity contribution in [1.82, 2.24) is 35.5 Å². The molecule has 5 aromatic rings. The first-order chi connectivity index (χ1) is 29.8. The number of hydrogen-bond donors (Lipinski definition) is 4. The lowest BCUT2D eigenvalue weighted by atomic mass is 9.84. The van der Waals surface area contributed by atoms with Gasteiger partial charge in [0.1, 0.15) is 17.7 Å². The molecule has 3 saturated carbocycles. The number of imidazole rings is 2. The van der Waals surface area contributed by atoms with Crippen LogP contribution in [0.5, 0.6) is 0 Å². The van der Waals surface area contributed by atoms with Crippen LogP contribution >= 0.6 is 0 Å². The quantitative estimate of drug-likeness (QED) is 0.0965. The fourth-order valence-corrected chi connectivity index (χ4v) is 10.2. The monoisotopic (exact) mass is 839 g/mol. The molecule has 1 aliphatic heterocycles. The standard InChI is InChI=1S/C49H57N7O6/c1-27(2)40(54-46(59)61-5)42(57)35-21-48(15-16-48)22-36(35)43-50-25-38(52-43)34-14-13-32-19-31(11-12-33(32)20-34)29-7-9-30(10-8-29)37-24-51-44(53-37)39-23-49(17-18-49)26-56(39)45(58)41(28(3)4)55-47(60)62-6/h7-14,19-20,24-25,27-28,35-36,39-41H,15-18,21-23,26H2,1-6H3,(H,50,52)(H,51,53)(H,54,59)(H,55,60)/t35?,36-,39+,40+,41+/m1/s1. The smallest absolute Gasteiger partial charge is 0.407 e. The van der Waals surface area contributed by atoms with Crippen LogP contribution in [0.1, 0.15) is 96.2 Å². The summed E-state index contributed by atoms with van der Waals surface area (Å²) < 4.78 is 9.67. The number of aromatic nitrogens is 4. The normalized spacial score (nSPS) is 21.7. The molecule has 13 nitrogen and oxygen atoms in total. The van der Waals surface area contributed by atoms with Gasteiger partial charge in [-0.05, 0) is 107 Å². The van der Waals surface area contributed by atoms with E-state index in [9.17, 15) is 19.2 Å². The van der Waals surface area contributed by atoms with Gasteiger partial charge in [0.25, 0.3) is 0 Å². The number of hydrogen-bond acceptors (Lipinski definition) is 8. The van der Waals surface area contributed by atoms with Crippen molar-refractivity contribution in [2.24, 2.45) is 28.6 Å². The summed E-state index contributed by atoms with van der Waals surface area (Å²) in [4.78, 5) is 70.8. The zero-order chi connectivity index (χ0) is 43.5. The molecule has 1 unspecified atom stereocenters. The third-order valence-corrected chi connectivity index (χ3v) is 14.2. The van der Waals surface area contributed by atoms with Crippen molar-refractivity contribution in [3.05, 3.63) is 84.7 Å². The summed E-state index contributed by atoms with van der Waals surface area (Å²) >= 11 is 0. The van der Waals surface area contributed by atoms with Gasteiger partial charge >= 0.3 is 12.2 Å². The number of carbonyl (C=O) groups is 4. The molecular weight excluding hydrogens is 783 g/mol. The lowest BCUT2D eigenvalue weighted by Crippen LogP contribution is -2.51. The Morgan fingerprint density at radius 2 is 1.19 bits per heavy atom. The van der Waals surface area contributed by atoms with Gasteiger partial charge in [-0.1, -0.05) is 76.2 Å². The second kappa shape index (κ2) is 16.0. The van der Waals surface area contributed by atoms with Gasteiger partial charge in [-0.3, -0.25) is 9.59 Å². The molecule has 4 aliphatic rings. The van der Waals surface area contributed by atoms with Gasteiger partial charge < -0.3 is 35.0 Å². The van der Waals surface area contributed by atoms with E-state index in [0.29, 0.717) is 6.54 Å². The van der Waals surface area contributed by atoms with Crippen LogP contribution in [0.25, 0.3) is 44.4 Å². The number of nitrogens with zero attached hydrogens (tertiary/aromatic N) is 3. The predicted octanol–water partition coefficient (Wildman–Crippen LogP) is 8.94. The van der Waals surface area contributed by atoms with E-state index in [1.165, 1.54) is 14.2 Å². The minimum Gasteiger partial charge on any atom is -0.453 e. The van der Waals surface area contributed by atoms with Crippen molar-refractivity contribution in [2.75, 3.05) is 20.8 Å². The van der Waals surface area contributed by atoms with Gasteiger partial charge in [-0.15, -0.1) is 0 Å². The average molecular weight is 840 g/mol. The largest absolute Gasteiger partial charge is 0.453 e. The number of H-pyrrole nitrogens is 2. The molecule has 4 fully saturated rings. The van der Waals surface area contributed by atoms with Crippen LogP contribution in [0.15, 0.2) is 73.1 Å². The molecule has 3 amide bonds. The Bertz CT molecular complexity index is 2510. The van der Waals surface area contributed by atoms with E-state index in [1.807, 2.05) is 45.0 Å². The maximum Gasteiger partial charge on any atom is 0.407 e. The van der Waals surface area contributed by atoms with Gasteiger partial charge in [0.05, 0.1) is 50.1 Å². The Morgan fingerprint density at radius 1 is 0.661 bits per heavy atom.